The van der Waals surface area contributed by atoms with E-state index < -0.39 is 0 Å². The molecular formula is C14H22N2O. The van der Waals surface area contributed by atoms with Gasteiger partial charge in [-0.1, -0.05) is 19.3 Å². The van der Waals surface area contributed by atoms with Crippen molar-refractivity contribution in [1.82, 2.24) is 0 Å². The summed E-state index contributed by atoms with van der Waals surface area (Å²) < 4.78 is 5.50. The lowest BCUT2D eigenvalue weighted by Crippen LogP contribution is -2.22. The van der Waals surface area contributed by atoms with Crippen LogP contribution in [0, 0.1) is 0 Å². The minimum absolute atomic E-state index is 0.572. The Labute approximate surface area is 103 Å². The molecule has 94 valence electrons. The lowest BCUT2D eigenvalue weighted by molar-refractivity contribution is 0.340. The first-order valence-corrected chi connectivity index (χ1v) is 6.58. The molecule has 1 aromatic rings. The van der Waals surface area contributed by atoms with Gasteiger partial charge in [-0.2, -0.15) is 0 Å². The van der Waals surface area contributed by atoms with Crippen LogP contribution in [-0.4, -0.2) is 12.6 Å². The number of hydrogen-bond donors (Lipinski definition) is 2. The Kier molecular flexibility index (Phi) is 4.13. The fourth-order valence-electron chi connectivity index (χ4n) is 2.38. The molecule has 3 N–H and O–H groups in total. The molecule has 0 atom stereocenters. The maximum atomic E-state index is 5.98. The highest BCUT2D eigenvalue weighted by atomic mass is 16.5. The van der Waals surface area contributed by atoms with Crippen molar-refractivity contribution in [2.75, 3.05) is 17.7 Å². The zero-order valence-corrected chi connectivity index (χ0v) is 10.5. The molecular weight excluding hydrogens is 212 g/mol. The fraction of sp³-hybridized carbons (Fsp3) is 0.571. The summed E-state index contributed by atoms with van der Waals surface area (Å²) in [6.45, 7) is 2.68. The van der Waals surface area contributed by atoms with Gasteiger partial charge in [-0.3, -0.25) is 0 Å². The third-order valence-electron chi connectivity index (χ3n) is 3.30. The summed E-state index contributed by atoms with van der Waals surface area (Å²) in [5, 5.41) is 3.54. The topological polar surface area (TPSA) is 47.3 Å². The van der Waals surface area contributed by atoms with Crippen LogP contribution in [-0.2, 0) is 0 Å². The smallest absolute Gasteiger partial charge is 0.121 e. The lowest BCUT2D eigenvalue weighted by atomic mass is 9.95. The minimum atomic E-state index is 0.572. The Hall–Kier alpha value is -1.38. The Balaban J connectivity index is 2.04. The van der Waals surface area contributed by atoms with E-state index in [-0.39, 0.29) is 0 Å². The van der Waals surface area contributed by atoms with E-state index in [1.807, 2.05) is 25.1 Å². The molecule has 3 nitrogen and oxygen atoms in total. The van der Waals surface area contributed by atoms with Crippen LogP contribution < -0.4 is 15.8 Å². The van der Waals surface area contributed by atoms with Gasteiger partial charge in [0.15, 0.2) is 0 Å². The molecule has 1 aliphatic rings. The van der Waals surface area contributed by atoms with Crippen LogP contribution >= 0.6 is 0 Å². The first-order chi connectivity index (χ1) is 8.29. The Morgan fingerprint density at radius 2 is 2.06 bits per heavy atom. The Bertz CT molecular complexity index is 359. The van der Waals surface area contributed by atoms with E-state index in [0.29, 0.717) is 12.6 Å². The van der Waals surface area contributed by atoms with Crippen LogP contribution in [0.25, 0.3) is 0 Å². The average Bonchev–Trinajstić information content (AvgIpc) is 2.35. The van der Waals surface area contributed by atoms with Gasteiger partial charge in [-0.05, 0) is 31.9 Å². The van der Waals surface area contributed by atoms with Crippen molar-refractivity contribution in [2.45, 2.75) is 45.1 Å². The average molecular weight is 234 g/mol. The molecule has 0 heterocycles. The molecule has 1 aliphatic carbocycles. The first kappa shape index (κ1) is 12.1. The van der Waals surface area contributed by atoms with Gasteiger partial charge in [0.25, 0.3) is 0 Å². The summed E-state index contributed by atoms with van der Waals surface area (Å²) >= 11 is 0. The highest BCUT2D eigenvalue weighted by Gasteiger charge is 2.14. The summed E-state index contributed by atoms with van der Waals surface area (Å²) in [6, 6.07) is 6.41. The SMILES string of the molecule is CCOc1ccc(N)c(NC2CCCCC2)c1. The van der Waals surface area contributed by atoms with E-state index in [9.17, 15) is 0 Å². The summed E-state index contributed by atoms with van der Waals surface area (Å²) in [7, 11) is 0. The van der Waals surface area contributed by atoms with E-state index in [1.54, 1.807) is 0 Å². The Morgan fingerprint density at radius 3 is 2.76 bits per heavy atom. The van der Waals surface area contributed by atoms with E-state index in [0.717, 1.165) is 17.1 Å². The van der Waals surface area contributed by atoms with Crippen molar-refractivity contribution in [2.24, 2.45) is 0 Å². The van der Waals surface area contributed by atoms with Gasteiger partial charge < -0.3 is 15.8 Å². The third kappa shape index (κ3) is 3.29. The summed E-state index contributed by atoms with van der Waals surface area (Å²) in [5.74, 6) is 0.889. The maximum absolute atomic E-state index is 5.98. The van der Waals surface area contributed by atoms with Crippen molar-refractivity contribution in [3.8, 4) is 5.75 Å². The van der Waals surface area contributed by atoms with Crippen LogP contribution in [0.3, 0.4) is 0 Å². The molecule has 0 aromatic heterocycles. The molecule has 2 rings (SSSR count). The molecule has 17 heavy (non-hydrogen) atoms. The number of rotatable bonds is 4. The van der Waals surface area contributed by atoms with Crippen molar-refractivity contribution >= 4 is 11.4 Å². The van der Waals surface area contributed by atoms with Crippen LogP contribution in [0.1, 0.15) is 39.0 Å². The number of benzene rings is 1. The maximum Gasteiger partial charge on any atom is 0.121 e. The van der Waals surface area contributed by atoms with E-state index in [1.165, 1.54) is 32.1 Å². The van der Waals surface area contributed by atoms with E-state index >= 15 is 0 Å². The second-order valence-electron chi connectivity index (χ2n) is 4.66. The zero-order valence-electron chi connectivity index (χ0n) is 10.5. The first-order valence-electron chi connectivity index (χ1n) is 6.58. The third-order valence-corrected chi connectivity index (χ3v) is 3.30. The van der Waals surface area contributed by atoms with Gasteiger partial charge in [0.2, 0.25) is 0 Å². The number of nitrogens with one attached hydrogen (secondary N) is 1. The van der Waals surface area contributed by atoms with Gasteiger partial charge in [0, 0.05) is 12.1 Å². The summed E-state index contributed by atoms with van der Waals surface area (Å²) in [6.07, 6.45) is 6.51. The van der Waals surface area contributed by atoms with Crippen LogP contribution in [0.2, 0.25) is 0 Å². The van der Waals surface area contributed by atoms with Gasteiger partial charge in [-0.15, -0.1) is 0 Å². The number of nitrogen functional groups attached to an aromatic ring is 1. The fourth-order valence-corrected chi connectivity index (χ4v) is 2.38. The van der Waals surface area contributed by atoms with Gasteiger partial charge in [0.05, 0.1) is 18.0 Å². The summed E-state index contributed by atoms with van der Waals surface area (Å²) in [5.41, 5.74) is 7.81. The van der Waals surface area contributed by atoms with Crippen molar-refractivity contribution in [3.05, 3.63) is 18.2 Å². The highest BCUT2D eigenvalue weighted by molar-refractivity contribution is 5.68. The van der Waals surface area contributed by atoms with Gasteiger partial charge in [-0.25, -0.2) is 0 Å². The molecule has 1 fully saturated rings. The predicted molar refractivity (Wildman–Crippen MR) is 72.5 cm³/mol. The van der Waals surface area contributed by atoms with Crippen molar-refractivity contribution in [1.29, 1.82) is 0 Å². The standard InChI is InChI=1S/C14H22N2O/c1-2-17-12-8-9-13(15)14(10-12)16-11-6-4-3-5-7-11/h8-11,16H,2-7,15H2,1H3. The molecule has 3 heteroatoms. The predicted octanol–water partition coefficient (Wildman–Crippen LogP) is 3.41. The number of nitrogens with two attached hydrogens (primary N) is 1. The molecule has 0 spiro atoms. The molecule has 1 saturated carbocycles. The molecule has 0 radical (unpaired) electrons. The Morgan fingerprint density at radius 1 is 1.29 bits per heavy atom. The number of anilines is 2. The van der Waals surface area contributed by atoms with Crippen molar-refractivity contribution in [3.63, 3.8) is 0 Å². The highest BCUT2D eigenvalue weighted by Crippen LogP contribution is 2.28. The summed E-state index contributed by atoms with van der Waals surface area (Å²) in [4.78, 5) is 0. The van der Waals surface area contributed by atoms with Crippen LogP contribution in [0.5, 0.6) is 5.75 Å². The largest absolute Gasteiger partial charge is 0.494 e. The number of hydrogen-bond acceptors (Lipinski definition) is 3. The molecule has 0 amide bonds. The van der Waals surface area contributed by atoms with E-state index in [4.69, 9.17) is 10.5 Å². The van der Waals surface area contributed by atoms with Gasteiger partial charge in [0.1, 0.15) is 5.75 Å². The van der Waals surface area contributed by atoms with Crippen molar-refractivity contribution < 1.29 is 4.74 Å². The lowest BCUT2D eigenvalue weighted by Gasteiger charge is -2.24. The second-order valence-corrected chi connectivity index (χ2v) is 4.66. The number of ether oxygens (including phenoxy) is 1. The molecule has 0 unspecified atom stereocenters. The second kappa shape index (κ2) is 5.80. The van der Waals surface area contributed by atoms with Crippen LogP contribution in [0.15, 0.2) is 18.2 Å². The molecule has 0 bridgehead atoms. The molecule has 0 aliphatic heterocycles. The van der Waals surface area contributed by atoms with E-state index in [2.05, 4.69) is 5.32 Å². The molecule has 1 aromatic carbocycles. The quantitative estimate of drug-likeness (QED) is 0.785. The molecule has 0 saturated heterocycles. The normalized spacial score (nSPS) is 16.8. The van der Waals surface area contributed by atoms with Crippen LogP contribution in [0.4, 0.5) is 11.4 Å². The monoisotopic (exact) mass is 234 g/mol. The van der Waals surface area contributed by atoms with Gasteiger partial charge >= 0.3 is 0 Å². The minimum Gasteiger partial charge on any atom is -0.494 e. The zero-order chi connectivity index (χ0) is 12.1.